The number of nitrogens with one attached hydrogen (secondary N) is 1. The summed E-state index contributed by atoms with van der Waals surface area (Å²) in [5.74, 6) is 0.150. The highest BCUT2D eigenvalue weighted by molar-refractivity contribution is 5.95. The summed E-state index contributed by atoms with van der Waals surface area (Å²) in [4.78, 5) is 16.6. The van der Waals surface area contributed by atoms with Crippen molar-refractivity contribution in [2.45, 2.75) is 19.4 Å². The van der Waals surface area contributed by atoms with Crippen molar-refractivity contribution >= 4 is 11.6 Å². The van der Waals surface area contributed by atoms with Crippen LogP contribution in [0.1, 0.15) is 23.7 Å². The molecule has 1 saturated heterocycles. The number of rotatable bonds is 5. The van der Waals surface area contributed by atoms with Gasteiger partial charge in [-0.1, -0.05) is 13.0 Å². The normalized spacial score (nSPS) is 14.9. The van der Waals surface area contributed by atoms with E-state index in [1.807, 2.05) is 48.2 Å². The van der Waals surface area contributed by atoms with Crippen molar-refractivity contribution in [3.63, 3.8) is 0 Å². The van der Waals surface area contributed by atoms with Crippen LogP contribution in [0.2, 0.25) is 0 Å². The van der Waals surface area contributed by atoms with E-state index in [0.29, 0.717) is 6.04 Å². The Morgan fingerprint density at radius 2 is 2.11 bits per heavy atom. The fourth-order valence-electron chi connectivity index (χ4n) is 2.27. The first-order valence-electron chi connectivity index (χ1n) is 6.92. The lowest BCUT2D eigenvalue weighted by molar-refractivity contribution is 0.0616. The van der Waals surface area contributed by atoms with Gasteiger partial charge in [0.1, 0.15) is 0 Å². The van der Waals surface area contributed by atoms with Gasteiger partial charge in [0.25, 0.3) is 5.91 Å². The summed E-state index contributed by atoms with van der Waals surface area (Å²) in [6.07, 6.45) is 0.996. The van der Waals surface area contributed by atoms with E-state index in [0.717, 1.165) is 37.3 Å². The van der Waals surface area contributed by atoms with Gasteiger partial charge in [-0.2, -0.15) is 0 Å². The van der Waals surface area contributed by atoms with Gasteiger partial charge in [-0.25, -0.2) is 0 Å². The Balaban J connectivity index is 2.18. The van der Waals surface area contributed by atoms with Gasteiger partial charge in [0.05, 0.1) is 6.04 Å². The van der Waals surface area contributed by atoms with Crippen molar-refractivity contribution in [3.8, 4) is 0 Å². The number of carbonyl (C=O) groups excluding carboxylic acids is 1. The maximum atomic E-state index is 12.6. The zero-order valence-electron chi connectivity index (χ0n) is 12.0. The van der Waals surface area contributed by atoms with Crippen LogP contribution in [-0.2, 0) is 0 Å². The van der Waals surface area contributed by atoms with Crippen molar-refractivity contribution in [1.82, 2.24) is 10.2 Å². The molecule has 1 aromatic carbocycles. The molecule has 19 heavy (non-hydrogen) atoms. The second-order valence-corrected chi connectivity index (χ2v) is 5.26. The molecule has 0 saturated carbocycles. The van der Waals surface area contributed by atoms with Crippen molar-refractivity contribution in [3.05, 3.63) is 29.8 Å². The summed E-state index contributed by atoms with van der Waals surface area (Å²) < 4.78 is 0. The molecule has 1 aliphatic rings. The minimum atomic E-state index is 0.150. The van der Waals surface area contributed by atoms with Gasteiger partial charge in [-0.15, -0.1) is 0 Å². The molecule has 0 atom stereocenters. The highest BCUT2D eigenvalue weighted by atomic mass is 16.2. The Morgan fingerprint density at radius 1 is 1.37 bits per heavy atom. The van der Waals surface area contributed by atoms with Crippen molar-refractivity contribution in [2.75, 3.05) is 38.6 Å². The molecule has 1 aromatic rings. The van der Waals surface area contributed by atoms with E-state index >= 15 is 0 Å². The van der Waals surface area contributed by atoms with Crippen LogP contribution in [-0.4, -0.2) is 50.6 Å². The summed E-state index contributed by atoms with van der Waals surface area (Å²) in [5, 5.41) is 3.23. The van der Waals surface area contributed by atoms with Gasteiger partial charge in [-0.05, 0) is 24.6 Å². The van der Waals surface area contributed by atoms with Crippen LogP contribution in [0, 0.1) is 0 Å². The summed E-state index contributed by atoms with van der Waals surface area (Å²) >= 11 is 0. The first-order chi connectivity index (χ1) is 9.13. The van der Waals surface area contributed by atoms with Gasteiger partial charge in [0, 0.05) is 45.0 Å². The summed E-state index contributed by atoms with van der Waals surface area (Å²) in [5.41, 5.74) is 1.85. The van der Waals surface area contributed by atoms with Crippen LogP contribution in [0.15, 0.2) is 24.3 Å². The average molecular weight is 261 g/mol. The molecule has 1 fully saturated rings. The molecule has 0 aromatic heterocycles. The van der Waals surface area contributed by atoms with Gasteiger partial charge in [-0.3, -0.25) is 4.79 Å². The Kier molecular flexibility index (Phi) is 4.43. The molecular formula is C15H23N3O. The minimum absolute atomic E-state index is 0.150. The van der Waals surface area contributed by atoms with Crippen LogP contribution in [0.25, 0.3) is 0 Å². The summed E-state index contributed by atoms with van der Waals surface area (Å²) in [7, 11) is 3.98. The maximum Gasteiger partial charge on any atom is 0.254 e. The highest BCUT2D eigenvalue weighted by Gasteiger charge is 2.28. The maximum absolute atomic E-state index is 12.6. The van der Waals surface area contributed by atoms with Crippen LogP contribution in [0.5, 0.6) is 0 Å². The number of hydrogen-bond donors (Lipinski definition) is 1. The topological polar surface area (TPSA) is 35.6 Å². The summed E-state index contributed by atoms with van der Waals surface area (Å²) in [6.45, 7) is 4.78. The van der Waals surface area contributed by atoms with Crippen molar-refractivity contribution in [1.29, 1.82) is 0 Å². The molecule has 0 spiro atoms. The van der Waals surface area contributed by atoms with E-state index in [4.69, 9.17) is 0 Å². The van der Waals surface area contributed by atoms with E-state index < -0.39 is 0 Å². The molecule has 1 heterocycles. The Morgan fingerprint density at radius 3 is 2.63 bits per heavy atom. The van der Waals surface area contributed by atoms with E-state index in [9.17, 15) is 4.79 Å². The molecule has 4 nitrogen and oxygen atoms in total. The van der Waals surface area contributed by atoms with Gasteiger partial charge in [0.2, 0.25) is 0 Å². The van der Waals surface area contributed by atoms with Crippen LogP contribution in [0.3, 0.4) is 0 Å². The number of carbonyl (C=O) groups is 1. The minimum Gasteiger partial charge on any atom is -0.378 e. The number of amides is 1. The van der Waals surface area contributed by atoms with E-state index in [-0.39, 0.29) is 5.91 Å². The highest BCUT2D eigenvalue weighted by Crippen LogP contribution is 2.17. The molecule has 1 amide bonds. The molecule has 2 rings (SSSR count). The number of anilines is 1. The van der Waals surface area contributed by atoms with Crippen LogP contribution < -0.4 is 10.2 Å². The second-order valence-electron chi connectivity index (χ2n) is 5.26. The van der Waals surface area contributed by atoms with Crippen LogP contribution in [0.4, 0.5) is 5.69 Å². The molecule has 0 unspecified atom stereocenters. The molecule has 0 aliphatic carbocycles. The van der Waals surface area contributed by atoms with Crippen molar-refractivity contribution in [2.24, 2.45) is 0 Å². The lowest BCUT2D eigenvalue weighted by atomic mass is 10.1. The molecule has 4 heteroatoms. The molecule has 1 N–H and O–H groups in total. The number of hydrogen-bond acceptors (Lipinski definition) is 3. The predicted molar refractivity (Wildman–Crippen MR) is 78.8 cm³/mol. The summed E-state index contributed by atoms with van der Waals surface area (Å²) in [6, 6.07) is 8.20. The molecule has 1 aliphatic heterocycles. The first-order valence-corrected chi connectivity index (χ1v) is 6.92. The van der Waals surface area contributed by atoms with Gasteiger partial charge >= 0.3 is 0 Å². The lowest BCUT2D eigenvalue weighted by Crippen LogP contribution is -2.59. The largest absolute Gasteiger partial charge is 0.378 e. The fraction of sp³-hybridized carbons (Fsp3) is 0.533. The third-order valence-electron chi connectivity index (χ3n) is 3.54. The van der Waals surface area contributed by atoms with E-state index in [1.165, 1.54) is 0 Å². The Labute approximate surface area is 115 Å². The van der Waals surface area contributed by atoms with E-state index in [2.05, 4.69) is 12.2 Å². The molecule has 104 valence electrons. The van der Waals surface area contributed by atoms with Crippen molar-refractivity contribution < 1.29 is 4.79 Å². The molecular weight excluding hydrogens is 238 g/mol. The monoisotopic (exact) mass is 261 g/mol. The van der Waals surface area contributed by atoms with E-state index in [1.54, 1.807) is 0 Å². The quantitative estimate of drug-likeness (QED) is 0.874. The SMILES string of the molecule is CCCN(C(=O)c1cccc(N(C)C)c1)C1CNC1. The fourth-order valence-corrected chi connectivity index (χ4v) is 2.27. The van der Waals surface area contributed by atoms with Gasteiger partial charge in [0.15, 0.2) is 0 Å². The first kappa shape index (κ1) is 13.9. The van der Waals surface area contributed by atoms with Crippen LogP contribution >= 0.6 is 0 Å². The zero-order valence-corrected chi connectivity index (χ0v) is 12.0. The third-order valence-corrected chi connectivity index (χ3v) is 3.54. The Bertz CT molecular complexity index is 441. The zero-order chi connectivity index (χ0) is 13.8. The average Bonchev–Trinajstić information content (AvgIpc) is 2.35. The third kappa shape index (κ3) is 3.07. The molecule has 0 bridgehead atoms. The lowest BCUT2D eigenvalue weighted by Gasteiger charge is -2.38. The number of nitrogens with zero attached hydrogens (tertiary/aromatic N) is 2. The Hall–Kier alpha value is -1.55. The van der Waals surface area contributed by atoms with Gasteiger partial charge < -0.3 is 15.1 Å². The second kappa shape index (κ2) is 6.06. The smallest absolute Gasteiger partial charge is 0.254 e. The number of benzene rings is 1. The predicted octanol–water partition coefficient (Wildman–Crippen LogP) is 1.58. The standard InChI is InChI=1S/C15H23N3O/c1-4-8-18(14-10-16-11-14)15(19)12-6-5-7-13(9-12)17(2)3/h5-7,9,14,16H,4,8,10-11H2,1-3H3. The molecule has 0 radical (unpaired) electrons.